The zero-order chi connectivity index (χ0) is 15.1. The van der Waals surface area contributed by atoms with Gasteiger partial charge >= 0.3 is 0 Å². The van der Waals surface area contributed by atoms with Gasteiger partial charge in [-0.3, -0.25) is 4.79 Å². The lowest BCUT2D eigenvalue weighted by molar-refractivity contribution is -0.127. The molecule has 1 N–H and O–H groups in total. The fourth-order valence-electron chi connectivity index (χ4n) is 1.92. The van der Waals surface area contributed by atoms with E-state index in [1.165, 1.54) is 5.56 Å². The van der Waals surface area contributed by atoms with E-state index in [1.807, 2.05) is 30.3 Å². The van der Waals surface area contributed by atoms with E-state index in [2.05, 4.69) is 5.32 Å². The minimum absolute atomic E-state index is 0.133. The van der Waals surface area contributed by atoms with Crippen molar-refractivity contribution >= 4 is 17.5 Å². The highest BCUT2D eigenvalue weighted by molar-refractivity contribution is 6.30. The summed E-state index contributed by atoms with van der Waals surface area (Å²) in [5, 5.41) is 3.46. The molecule has 0 radical (unpaired) electrons. The molecule has 0 aliphatic rings. The maximum Gasteiger partial charge on any atom is 0.260 e. The van der Waals surface area contributed by atoms with Gasteiger partial charge in [0.1, 0.15) is 5.75 Å². The Morgan fingerprint density at radius 3 is 2.67 bits per heavy atom. The van der Waals surface area contributed by atoms with Crippen LogP contribution < -0.4 is 10.1 Å². The van der Waals surface area contributed by atoms with Gasteiger partial charge in [-0.15, -0.1) is 0 Å². The van der Waals surface area contributed by atoms with Crippen LogP contribution in [0.25, 0.3) is 0 Å². The van der Waals surface area contributed by atoms with Crippen molar-refractivity contribution in [2.45, 2.75) is 19.4 Å². The second-order valence-electron chi connectivity index (χ2n) is 4.74. The Kier molecular flexibility index (Phi) is 5.64. The summed E-state index contributed by atoms with van der Waals surface area (Å²) in [6.07, 6.45) is 0.246. The molecule has 3 nitrogen and oxygen atoms in total. The van der Waals surface area contributed by atoms with E-state index < -0.39 is 6.10 Å². The van der Waals surface area contributed by atoms with Gasteiger partial charge in [0.05, 0.1) is 0 Å². The largest absolute Gasteiger partial charge is 0.481 e. The van der Waals surface area contributed by atoms with Crippen LogP contribution in [0.4, 0.5) is 0 Å². The van der Waals surface area contributed by atoms with Gasteiger partial charge in [0, 0.05) is 11.6 Å². The van der Waals surface area contributed by atoms with Crippen molar-refractivity contribution in [1.29, 1.82) is 0 Å². The first-order valence-electron chi connectivity index (χ1n) is 6.89. The van der Waals surface area contributed by atoms with E-state index in [-0.39, 0.29) is 5.91 Å². The maximum atomic E-state index is 12.0. The zero-order valence-corrected chi connectivity index (χ0v) is 12.6. The average Bonchev–Trinajstić information content (AvgIpc) is 2.48. The molecule has 0 saturated heterocycles. The lowest BCUT2D eigenvalue weighted by Gasteiger charge is -2.14. The second-order valence-corrected chi connectivity index (χ2v) is 5.18. The molecule has 0 saturated carbocycles. The van der Waals surface area contributed by atoms with Crippen molar-refractivity contribution in [1.82, 2.24) is 5.32 Å². The predicted molar refractivity (Wildman–Crippen MR) is 84.7 cm³/mol. The summed E-state index contributed by atoms with van der Waals surface area (Å²) >= 11 is 5.88. The van der Waals surface area contributed by atoms with Crippen LogP contribution in [0.3, 0.4) is 0 Å². The first kappa shape index (κ1) is 15.4. The summed E-state index contributed by atoms with van der Waals surface area (Å²) in [7, 11) is 0. The number of rotatable bonds is 6. The predicted octanol–water partition coefficient (Wildman–Crippen LogP) is 3.47. The average molecular weight is 304 g/mol. The van der Waals surface area contributed by atoms with Crippen molar-refractivity contribution in [3.8, 4) is 5.75 Å². The molecule has 0 unspecified atom stereocenters. The molecule has 0 bridgehead atoms. The minimum atomic E-state index is -0.556. The Labute approximate surface area is 129 Å². The molecular formula is C17H18ClNO2. The molecule has 0 aliphatic heterocycles. The summed E-state index contributed by atoms with van der Waals surface area (Å²) in [6, 6.07) is 17.1. The van der Waals surface area contributed by atoms with Crippen LogP contribution in [0.15, 0.2) is 54.6 Å². The standard InChI is InChI=1S/C17H18ClNO2/c1-13(21-16-9-5-8-15(18)12-16)17(20)19-11-10-14-6-3-2-4-7-14/h2-9,12-13H,10-11H2,1H3,(H,19,20)/t13-/m0/s1. The number of hydrogen-bond donors (Lipinski definition) is 1. The van der Waals surface area contributed by atoms with Crippen molar-refractivity contribution < 1.29 is 9.53 Å². The Hall–Kier alpha value is -2.00. The normalized spacial score (nSPS) is 11.7. The van der Waals surface area contributed by atoms with Gasteiger partial charge in [-0.2, -0.15) is 0 Å². The van der Waals surface area contributed by atoms with Crippen LogP contribution in [-0.4, -0.2) is 18.6 Å². The van der Waals surface area contributed by atoms with Crippen LogP contribution >= 0.6 is 11.6 Å². The smallest absolute Gasteiger partial charge is 0.260 e. The monoisotopic (exact) mass is 303 g/mol. The van der Waals surface area contributed by atoms with Gasteiger partial charge in [-0.1, -0.05) is 48.0 Å². The van der Waals surface area contributed by atoms with Gasteiger partial charge in [0.25, 0.3) is 5.91 Å². The lowest BCUT2D eigenvalue weighted by atomic mass is 10.1. The van der Waals surface area contributed by atoms with E-state index in [4.69, 9.17) is 16.3 Å². The molecule has 2 rings (SSSR count). The van der Waals surface area contributed by atoms with E-state index in [0.29, 0.717) is 17.3 Å². The van der Waals surface area contributed by atoms with Gasteiger partial charge in [0.15, 0.2) is 6.10 Å². The number of amides is 1. The first-order chi connectivity index (χ1) is 10.1. The number of carbonyl (C=O) groups is 1. The molecule has 0 spiro atoms. The third kappa shape index (κ3) is 5.12. The van der Waals surface area contributed by atoms with Crippen molar-refractivity contribution in [3.63, 3.8) is 0 Å². The highest BCUT2D eigenvalue weighted by Gasteiger charge is 2.14. The zero-order valence-electron chi connectivity index (χ0n) is 11.9. The summed E-state index contributed by atoms with van der Waals surface area (Å²) in [5.41, 5.74) is 1.20. The molecule has 0 aliphatic carbocycles. The molecule has 2 aromatic carbocycles. The Balaban J connectivity index is 1.77. The van der Waals surface area contributed by atoms with Crippen LogP contribution in [-0.2, 0) is 11.2 Å². The Morgan fingerprint density at radius 2 is 1.95 bits per heavy atom. The number of ether oxygens (including phenoxy) is 1. The second kappa shape index (κ2) is 7.70. The number of nitrogens with one attached hydrogen (secondary N) is 1. The Morgan fingerprint density at radius 1 is 1.19 bits per heavy atom. The SMILES string of the molecule is C[C@H](Oc1cccc(Cl)c1)C(=O)NCCc1ccccc1. The van der Waals surface area contributed by atoms with Crippen LogP contribution in [0.5, 0.6) is 5.75 Å². The fraction of sp³-hybridized carbons (Fsp3) is 0.235. The number of halogens is 1. The summed E-state index contributed by atoms with van der Waals surface area (Å²) in [6.45, 7) is 2.31. The first-order valence-corrected chi connectivity index (χ1v) is 7.27. The molecule has 1 amide bonds. The number of carbonyl (C=O) groups excluding carboxylic acids is 1. The molecule has 2 aromatic rings. The van der Waals surface area contributed by atoms with Gasteiger partial charge < -0.3 is 10.1 Å². The topological polar surface area (TPSA) is 38.3 Å². The molecule has 4 heteroatoms. The van der Waals surface area contributed by atoms with Gasteiger partial charge in [-0.25, -0.2) is 0 Å². The highest BCUT2D eigenvalue weighted by atomic mass is 35.5. The van der Waals surface area contributed by atoms with E-state index in [0.717, 1.165) is 6.42 Å². The maximum absolute atomic E-state index is 12.0. The van der Waals surface area contributed by atoms with E-state index in [1.54, 1.807) is 31.2 Å². The van der Waals surface area contributed by atoms with Crippen molar-refractivity contribution in [2.24, 2.45) is 0 Å². The summed E-state index contributed by atoms with van der Waals surface area (Å²) in [4.78, 5) is 12.0. The van der Waals surface area contributed by atoms with Gasteiger partial charge in [-0.05, 0) is 37.1 Å². The van der Waals surface area contributed by atoms with Crippen LogP contribution in [0, 0.1) is 0 Å². The molecule has 0 heterocycles. The quantitative estimate of drug-likeness (QED) is 0.887. The van der Waals surface area contributed by atoms with Crippen molar-refractivity contribution in [3.05, 3.63) is 65.2 Å². The number of hydrogen-bond acceptors (Lipinski definition) is 2. The number of benzene rings is 2. The summed E-state index contributed by atoms with van der Waals surface area (Å²) < 4.78 is 5.56. The van der Waals surface area contributed by atoms with Gasteiger partial charge in [0.2, 0.25) is 0 Å². The van der Waals surface area contributed by atoms with E-state index >= 15 is 0 Å². The molecule has 1 atom stereocenters. The van der Waals surface area contributed by atoms with Crippen LogP contribution in [0.2, 0.25) is 5.02 Å². The Bertz CT molecular complexity index is 586. The highest BCUT2D eigenvalue weighted by Crippen LogP contribution is 2.18. The third-order valence-electron chi connectivity index (χ3n) is 3.03. The molecular weight excluding hydrogens is 286 g/mol. The third-order valence-corrected chi connectivity index (χ3v) is 3.27. The molecule has 0 aromatic heterocycles. The van der Waals surface area contributed by atoms with E-state index in [9.17, 15) is 4.79 Å². The molecule has 21 heavy (non-hydrogen) atoms. The van der Waals surface area contributed by atoms with Crippen LogP contribution in [0.1, 0.15) is 12.5 Å². The molecule has 0 fully saturated rings. The molecule has 110 valence electrons. The lowest BCUT2D eigenvalue weighted by Crippen LogP contribution is -2.37. The summed E-state index contributed by atoms with van der Waals surface area (Å²) in [5.74, 6) is 0.458. The fourth-order valence-corrected chi connectivity index (χ4v) is 2.10. The van der Waals surface area contributed by atoms with Crippen molar-refractivity contribution in [2.75, 3.05) is 6.54 Å². The minimum Gasteiger partial charge on any atom is -0.481 e.